The van der Waals surface area contributed by atoms with E-state index in [-0.39, 0.29) is 17.9 Å². The van der Waals surface area contributed by atoms with Crippen molar-refractivity contribution < 1.29 is 9.59 Å². The number of carbonyl (C=O) groups excluding carboxylic acids is 2. The molecule has 0 saturated carbocycles. The fourth-order valence-corrected chi connectivity index (χ4v) is 4.00. The van der Waals surface area contributed by atoms with Gasteiger partial charge in [-0.25, -0.2) is 10.4 Å². The van der Waals surface area contributed by atoms with Gasteiger partial charge in [0.25, 0.3) is 0 Å². The van der Waals surface area contributed by atoms with Crippen molar-refractivity contribution in [3.8, 4) is 0 Å². The minimum atomic E-state index is -0.288. The first kappa shape index (κ1) is 17.0. The van der Waals surface area contributed by atoms with E-state index in [0.717, 1.165) is 43.8 Å². The molecule has 1 aromatic heterocycles. The summed E-state index contributed by atoms with van der Waals surface area (Å²) in [6.45, 7) is 4.57. The Balaban J connectivity index is 1.35. The molecule has 0 radical (unpaired) electrons. The molecule has 1 unspecified atom stereocenters. The van der Waals surface area contributed by atoms with Gasteiger partial charge in [0.2, 0.25) is 11.8 Å². The summed E-state index contributed by atoms with van der Waals surface area (Å²) in [4.78, 5) is 30.4. The lowest BCUT2D eigenvalue weighted by molar-refractivity contribution is -0.137. The van der Waals surface area contributed by atoms with Crippen LogP contribution < -0.4 is 10.9 Å². The van der Waals surface area contributed by atoms with Crippen molar-refractivity contribution in [1.82, 2.24) is 25.3 Å². The number of benzene rings is 1. The van der Waals surface area contributed by atoms with Gasteiger partial charge in [0.1, 0.15) is 11.9 Å². The Kier molecular flexibility index (Phi) is 4.63. The van der Waals surface area contributed by atoms with Crippen molar-refractivity contribution >= 4 is 22.8 Å². The molecule has 2 aliphatic heterocycles. The van der Waals surface area contributed by atoms with Gasteiger partial charge in [0.15, 0.2) is 0 Å². The first-order valence-electron chi connectivity index (χ1n) is 9.37. The Morgan fingerprint density at radius 2 is 2.00 bits per heavy atom. The third-order valence-electron chi connectivity index (χ3n) is 5.56. The number of nitrogens with one attached hydrogen (secondary N) is 2. The van der Waals surface area contributed by atoms with E-state index in [9.17, 15) is 9.59 Å². The van der Waals surface area contributed by atoms with E-state index in [0.29, 0.717) is 18.8 Å². The first-order valence-corrected chi connectivity index (χ1v) is 9.37. The predicted octanol–water partition coefficient (Wildman–Crippen LogP) is 1.37. The number of nitrogens with zero attached hydrogens (tertiary/aromatic N) is 3. The van der Waals surface area contributed by atoms with Gasteiger partial charge in [0.05, 0.1) is 11.0 Å². The molecule has 2 fully saturated rings. The van der Waals surface area contributed by atoms with Crippen molar-refractivity contribution in [1.29, 1.82) is 0 Å². The molecular formula is C19H25N5O2. The van der Waals surface area contributed by atoms with Crippen molar-refractivity contribution in [3.63, 3.8) is 0 Å². The molecule has 2 N–H and O–H groups in total. The minimum Gasteiger partial charge on any atom is -0.341 e. The molecule has 1 atom stereocenters. The number of hydrazine groups is 1. The number of hydrogen-bond donors (Lipinski definition) is 2. The Morgan fingerprint density at radius 1 is 1.23 bits per heavy atom. The normalized spacial score (nSPS) is 21.8. The Bertz CT molecular complexity index is 812. The molecule has 1 aromatic carbocycles. The van der Waals surface area contributed by atoms with Crippen LogP contribution in [-0.2, 0) is 16.1 Å². The zero-order valence-electron chi connectivity index (χ0n) is 15.1. The number of likely N-dealkylation sites (tertiary alicyclic amines) is 1. The van der Waals surface area contributed by atoms with Crippen LogP contribution in [0.4, 0.5) is 0 Å². The second-order valence-electron chi connectivity index (χ2n) is 7.31. The van der Waals surface area contributed by atoms with Crippen LogP contribution in [0.25, 0.3) is 11.0 Å². The second kappa shape index (κ2) is 7.07. The number of carbonyl (C=O) groups is 2. The summed E-state index contributed by atoms with van der Waals surface area (Å²) in [6, 6.07) is 7.96. The topological polar surface area (TPSA) is 79.3 Å². The van der Waals surface area contributed by atoms with Crippen LogP contribution >= 0.6 is 0 Å². The molecule has 2 aromatic rings. The zero-order chi connectivity index (χ0) is 18.1. The van der Waals surface area contributed by atoms with Gasteiger partial charge in [-0.1, -0.05) is 12.1 Å². The molecule has 2 amide bonds. The highest BCUT2D eigenvalue weighted by Gasteiger charge is 2.31. The number of piperidine rings is 1. The molecule has 3 heterocycles. The first-order chi connectivity index (χ1) is 12.6. The SMILES string of the molecule is Cc1nc2ccccc2n1CC1CCN(C(=O)C2CCC(=O)NN2)CC1. The number of imidazole rings is 1. The standard InChI is InChI=1S/C19H25N5O2/c1-13-20-15-4-2-3-5-17(15)24(13)12-14-8-10-23(11-9-14)19(26)16-6-7-18(25)22-21-16/h2-5,14,16,21H,6-12H2,1H3,(H,22,25). The average Bonchev–Trinajstić information content (AvgIpc) is 2.98. The summed E-state index contributed by atoms with van der Waals surface area (Å²) in [5.74, 6) is 1.66. The quantitative estimate of drug-likeness (QED) is 0.871. The van der Waals surface area contributed by atoms with E-state index in [1.54, 1.807) is 0 Å². The van der Waals surface area contributed by atoms with Gasteiger partial charge in [-0.2, -0.15) is 0 Å². The number of aryl methyl sites for hydroxylation is 1. The Labute approximate surface area is 152 Å². The van der Waals surface area contributed by atoms with Crippen LogP contribution in [0.1, 0.15) is 31.5 Å². The van der Waals surface area contributed by atoms with Gasteiger partial charge in [-0.15, -0.1) is 0 Å². The van der Waals surface area contributed by atoms with E-state index in [1.807, 2.05) is 11.0 Å². The summed E-state index contributed by atoms with van der Waals surface area (Å²) in [6.07, 6.45) is 2.98. The molecule has 26 heavy (non-hydrogen) atoms. The number of hydrogen-bond acceptors (Lipinski definition) is 4. The highest BCUT2D eigenvalue weighted by Crippen LogP contribution is 2.24. The summed E-state index contributed by atoms with van der Waals surface area (Å²) < 4.78 is 2.30. The van der Waals surface area contributed by atoms with E-state index in [4.69, 9.17) is 0 Å². The van der Waals surface area contributed by atoms with Crippen molar-refractivity contribution in [2.24, 2.45) is 5.92 Å². The van der Waals surface area contributed by atoms with Crippen molar-refractivity contribution in [2.75, 3.05) is 13.1 Å². The van der Waals surface area contributed by atoms with Crippen LogP contribution in [0.3, 0.4) is 0 Å². The molecule has 7 heteroatoms. The monoisotopic (exact) mass is 355 g/mol. The van der Waals surface area contributed by atoms with Gasteiger partial charge < -0.3 is 9.47 Å². The maximum absolute atomic E-state index is 12.6. The fraction of sp³-hybridized carbons (Fsp3) is 0.526. The highest BCUT2D eigenvalue weighted by atomic mass is 16.2. The van der Waals surface area contributed by atoms with Crippen LogP contribution in [0.5, 0.6) is 0 Å². The fourth-order valence-electron chi connectivity index (χ4n) is 4.00. The molecule has 4 rings (SSSR count). The number of para-hydroxylation sites is 2. The lowest BCUT2D eigenvalue weighted by Crippen LogP contribution is -2.57. The lowest BCUT2D eigenvalue weighted by Gasteiger charge is -2.35. The molecule has 0 bridgehead atoms. The largest absolute Gasteiger partial charge is 0.341 e. The Morgan fingerprint density at radius 3 is 2.73 bits per heavy atom. The summed E-state index contributed by atoms with van der Waals surface area (Å²) in [7, 11) is 0. The van der Waals surface area contributed by atoms with Crippen LogP contribution in [0.2, 0.25) is 0 Å². The zero-order valence-corrected chi connectivity index (χ0v) is 15.1. The number of amides is 2. The third kappa shape index (κ3) is 3.31. The van der Waals surface area contributed by atoms with Gasteiger partial charge in [-0.05, 0) is 44.2 Å². The van der Waals surface area contributed by atoms with E-state index >= 15 is 0 Å². The minimum absolute atomic E-state index is 0.0457. The summed E-state index contributed by atoms with van der Waals surface area (Å²) >= 11 is 0. The molecule has 7 nitrogen and oxygen atoms in total. The maximum Gasteiger partial charge on any atom is 0.241 e. The molecule has 138 valence electrons. The Hall–Kier alpha value is -2.41. The lowest BCUT2D eigenvalue weighted by atomic mass is 9.95. The molecule has 0 spiro atoms. The summed E-state index contributed by atoms with van der Waals surface area (Å²) in [5, 5.41) is 0. The third-order valence-corrected chi connectivity index (χ3v) is 5.56. The molecular weight excluding hydrogens is 330 g/mol. The number of aromatic nitrogens is 2. The van der Waals surface area contributed by atoms with E-state index in [1.165, 1.54) is 5.52 Å². The number of fused-ring (bicyclic) bond motifs is 1. The molecule has 0 aliphatic carbocycles. The van der Waals surface area contributed by atoms with Crippen LogP contribution in [0.15, 0.2) is 24.3 Å². The van der Waals surface area contributed by atoms with Gasteiger partial charge in [0, 0.05) is 26.1 Å². The van der Waals surface area contributed by atoms with Crippen molar-refractivity contribution in [3.05, 3.63) is 30.1 Å². The van der Waals surface area contributed by atoms with Gasteiger partial charge in [-0.3, -0.25) is 15.0 Å². The van der Waals surface area contributed by atoms with E-state index in [2.05, 4.69) is 45.5 Å². The maximum atomic E-state index is 12.6. The van der Waals surface area contributed by atoms with Crippen molar-refractivity contribution in [2.45, 2.75) is 45.2 Å². The van der Waals surface area contributed by atoms with E-state index < -0.39 is 0 Å². The predicted molar refractivity (Wildman–Crippen MR) is 98.1 cm³/mol. The average molecular weight is 355 g/mol. The molecule has 2 aliphatic rings. The second-order valence-corrected chi connectivity index (χ2v) is 7.31. The molecule has 2 saturated heterocycles. The smallest absolute Gasteiger partial charge is 0.241 e. The van der Waals surface area contributed by atoms with Gasteiger partial charge >= 0.3 is 0 Å². The van der Waals surface area contributed by atoms with Crippen LogP contribution in [0, 0.1) is 12.8 Å². The number of rotatable bonds is 3. The van der Waals surface area contributed by atoms with Crippen LogP contribution in [-0.4, -0.2) is 45.4 Å². The highest BCUT2D eigenvalue weighted by molar-refractivity contribution is 5.85. The summed E-state index contributed by atoms with van der Waals surface area (Å²) in [5.41, 5.74) is 7.64.